The molecule has 4 rings (SSSR count). The summed E-state index contributed by atoms with van der Waals surface area (Å²) in [5.41, 5.74) is 0.754. The molecule has 2 aliphatic rings. The molecule has 1 aromatic carbocycles. The number of aliphatic imine (C=N–C) groups is 1. The highest BCUT2D eigenvalue weighted by atomic mass is 32.2. The van der Waals surface area contributed by atoms with Crippen LogP contribution in [0.3, 0.4) is 0 Å². The van der Waals surface area contributed by atoms with Crippen molar-refractivity contribution in [1.29, 1.82) is 0 Å². The lowest BCUT2D eigenvalue weighted by molar-refractivity contribution is -0.115. The van der Waals surface area contributed by atoms with Gasteiger partial charge < -0.3 is 19.4 Å². The van der Waals surface area contributed by atoms with E-state index in [1.165, 1.54) is 24.6 Å². The second-order valence-electron chi connectivity index (χ2n) is 6.05. The first-order valence-electron chi connectivity index (χ1n) is 8.50. The minimum absolute atomic E-state index is 0.165. The van der Waals surface area contributed by atoms with E-state index in [0.717, 1.165) is 30.4 Å². The van der Waals surface area contributed by atoms with E-state index in [1.54, 1.807) is 13.2 Å². The van der Waals surface area contributed by atoms with Crippen LogP contribution in [0.15, 0.2) is 50.7 Å². The SMILES string of the molecule is COc1ccc(N=C2NC(=O)/C(=C/c3ccc(N4CCCC4)o3)S2)cc1. The quantitative estimate of drug-likeness (QED) is 0.831. The summed E-state index contributed by atoms with van der Waals surface area (Å²) < 4.78 is 11.0. The van der Waals surface area contributed by atoms with E-state index in [-0.39, 0.29) is 5.91 Å². The number of hydrogen-bond donors (Lipinski definition) is 1. The predicted molar refractivity (Wildman–Crippen MR) is 104 cm³/mol. The molecule has 1 N–H and O–H groups in total. The maximum Gasteiger partial charge on any atom is 0.264 e. The Morgan fingerprint density at radius 3 is 2.69 bits per heavy atom. The number of ether oxygens (including phenoxy) is 1. The smallest absolute Gasteiger partial charge is 0.264 e. The number of carbonyl (C=O) groups excluding carboxylic acids is 1. The van der Waals surface area contributed by atoms with Crippen LogP contribution < -0.4 is 15.0 Å². The van der Waals surface area contributed by atoms with E-state index in [4.69, 9.17) is 9.15 Å². The van der Waals surface area contributed by atoms with Gasteiger partial charge in [-0.15, -0.1) is 0 Å². The number of thioether (sulfide) groups is 1. The molecule has 6 nitrogen and oxygen atoms in total. The second kappa shape index (κ2) is 7.29. The number of amidine groups is 1. The molecule has 0 radical (unpaired) electrons. The van der Waals surface area contributed by atoms with Gasteiger partial charge in [0.25, 0.3) is 5.91 Å². The van der Waals surface area contributed by atoms with E-state index in [0.29, 0.717) is 15.8 Å². The van der Waals surface area contributed by atoms with Gasteiger partial charge in [-0.05, 0) is 54.9 Å². The van der Waals surface area contributed by atoms with Gasteiger partial charge in [0.1, 0.15) is 11.5 Å². The molecule has 7 heteroatoms. The Balaban J connectivity index is 1.48. The number of methoxy groups -OCH3 is 1. The normalized spacial score (nSPS) is 20.2. The summed E-state index contributed by atoms with van der Waals surface area (Å²) in [7, 11) is 1.62. The van der Waals surface area contributed by atoms with Crippen molar-refractivity contribution in [3.63, 3.8) is 0 Å². The van der Waals surface area contributed by atoms with Crippen molar-refractivity contribution in [2.75, 3.05) is 25.1 Å². The van der Waals surface area contributed by atoms with Gasteiger partial charge in [0.2, 0.25) is 0 Å². The Hall–Kier alpha value is -2.67. The largest absolute Gasteiger partial charge is 0.497 e. The highest BCUT2D eigenvalue weighted by Gasteiger charge is 2.24. The van der Waals surface area contributed by atoms with Crippen molar-refractivity contribution in [2.45, 2.75) is 12.8 Å². The summed E-state index contributed by atoms with van der Waals surface area (Å²) >= 11 is 1.31. The maximum atomic E-state index is 12.2. The van der Waals surface area contributed by atoms with Crippen molar-refractivity contribution in [2.24, 2.45) is 4.99 Å². The molecule has 1 aromatic heterocycles. The van der Waals surface area contributed by atoms with Gasteiger partial charge >= 0.3 is 0 Å². The second-order valence-corrected chi connectivity index (χ2v) is 7.08. The van der Waals surface area contributed by atoms with Crippen molar-refractivity contribution in [1.82, 2.24) is 5.32 Å². The first kappa shape index (κ1) is 16.8. The number of anilines is 1. The molecule has 26 heavy (non-hydrogen) atoms. The van der Waals surface area contributed by atoms with Crippen molar-refractivity contribution in [3.05, 3.63) is 47.1 Å². The molecule has 1 amide bonds. The first-order chi connectivity index (χ1) is 12.7. The lowest BCUT2D eigenvalue weighted by atomic mass is 10.3. The Morgan fingerprint density at radius 1 is 1.19 bits per heavy atom. The van der Waals surface area contributed by atoms with Crippen LogP contribution in [0.5, 0.6) is 5.75 Å². The predicted octanol–water partition coefficient (Wildman–Crippen LogP) is 3.78. The van der Waals surface area contributed by atoms with E-state index in [2.05, 4.69) is 15.2 Å². The Kier molecular flexibility index (Phi) is 4.71. The van der Waals surface area contributed by atoms with Crippen molar-refractivity contribution >= 4 is 40.5 Å². The molecule has 0 aliphatic carbocycles. The summed E-state index contributed by atoms with van der Waals surface area (Å²) in [6, 6.07) is 11.2. The van der Waals surface area contributed by atoms with Crippen molar-refractivity contribution < 1.29 is 13.9 Å². The fraction of sp³-hybridized carbons (Fsp3) is 0.263. The standard InChI is InChI=1S/C19H19N3O3S/c1-24-14-6-4-13(5-7-14)20-19-21-18(23)16(26-19)12-15-8-9-17(25-15)22-10-2-3-11-22/h4-9,12H,2-3,10-11H2,1H3,(H,20,21,23)/b16-12-. The van der Waals surface area contributed by atoms with E-state index in [1.807, 2.05) is 36.4 Å². The third-order valence-corrected chi connectivity index (χ3v) is 5.17. The minimum atomic E-state index is -0.165. The van der Waals surface area contributed by atoms with Crippen LogP contribution in [-0.2, 0) is 4.79 Å². The van der Waals surface area contributed by atoms with Crippen LogP contribution >= 0.6 is 11.8 Å². The zero-order valence-electron chi connectivity index (χ0n) is 14.4. The van der Waals surface area contributed by atoms with Gasteiger partial charge in [-0.1, -0.05) is 0 Å². The molecular formula is C19H19N3O3S. The Labute approximate surface area is 155 Å². The molecule has 0 atom stereocenters. The summed E-state index contributed by atoms with van der Waals surface area (Å²) in [5.74, 6) is 2.14. The first-order valence-corrected chi connectivity index (χ1v) is 9.31. The highest BCUT2D eigenvalue weighted by Crippen LogP contribution is 2.30. The topological polar surface area (TPSA) is 67.1 Å². The molecule has 2 aromatic rings. The summed E-state index contributed by atoms with van der Waals surface area (Å²) in [6.07, 6.45) is 4.15. The highest BCUT2D eigenvalue weighted by molar-refractivity contribution is 8.18. The molecule has 2 aliphatic heterocycles. The average Bonchev–Trinajstić information content (AvgIpc) is 3.38. The maximum absolute atomic E-state index is 12.2. The minimum Gasteiger partial charge on any atom is -0.497 e. The number of rotatable bonds is 4. The fourth-order valence-electron chi connectivity index (χ4n) is 2.91. The van der Waals surface area contributed by atoms with Crippen LogP contribution in [0.25, 0.3) is 6.08 Å². The summed E-state index contributed by atoms with van der Waals surface area (Å²) in [6.45, 7) is 2.05. The number of nitrogens with one attached hydrogen (secondary N) is 1. The lowest BCUT2D eigenvalue weighted by Crippen LogP contribution is -2.19. The molecule has 0 unspecified atom stereocenters. The van der Waals surface area contributed by atoms with Gasteiger partial charge in [-0.25, -0.2) is 4.99 Å². The number of benzene rings is 1. The van der Waals surface area contributed by atoms with E-state index < -0.39 is 0 Å². The van der Waals surface area contributed by atoms with Gasteiger partial charge in [0.15, 0.2) is 11.1 Å². The Morgan fingerprint density at radius 2 is 1.96 bits per heavy atom. The molecular weight excluding hydrogens is 350 g/mol. The van der Waals surface area contributed by atoms with E-state index >= 15 is 0 Å². The lowest BCUT2D eigenvalue weighted by Gasteiger charge is -2.12. The number of hydrogen-bond acceptors (Lipinski definition) is 6. The van der Waals surface area contributed by atoms with Gasteiger partial charge in [-0.3, -0.25) is 4.79 Å². The molecule has 0 saturated carbocycles. The molecule has 0 bridgehead atoms. The molecule has 0 spiro atoms. The molecule has 2 fully saturated rings. The monoisotopic (exact) mass is 369 g/mol. The van der Waals surface area contributed by atoms with E-state index in [9.17, 15) is 4.79 Å². The number of amides is 1. The zero-order valence-corrected chi connectivity index (χ0v) is 15.2. The van der Waals surface area contributed by atoms with Gasteiger partial charge in [0, 0.05) is 25.2 Å². The van der Waals surface area contributed by atoms with Crippen LogP contribution in [-0.4, -0.2) is 31.3 Å². The summed E-state index contributed by atoms with van der Waals surface area (Å²) in [5, 5.41) is 3.34. The number of nitrogens with zero attached hydrogens (tertiary/aromatic N) is 2. The number of carbonyl (C=O) groups is 1. The molecule has 2 saturated heterocycles. The van der Waals surface area contributed by atoms with Crippen molar-refractivity contribution in [3.8, 4) is 5.75 Å². The summed E-state index contributed by atoms with van der Waals surface area (Å²) in [4.78, 5) is 19.4. The third kappa shape index (κ3) is 3.62. The zero-order chi connectivity index (χ0) is 17.9. The van der Waals surface area contributed by atoms with Crippen LogP contribution in [0.1, 0.15) is 18.6 Å². The molecule has 134 valence electrons. The van der Waals surface area contributed by atoms with Gasteiger partial charge in [0.05, 0.1) is 17.7 Å². The van der Waals surface area contributed by atoms with Crippen LogP contribution in [0.2, 0.25) is 0 Å². The third-order valence-electron chi connectivity index (χ3n) is 4.26. The number of furan rings is 1. The molecule has 3 heterocycles. The van der Waals surface area contributed by atoms with Crippen LogP contribution in [0.4, 0.5) is 11.6 Å². The average molecular weight is 369 g/mol. The van der Waals surface area contributed by atoms with Crippen LogP contribution in [0, 0.1) is 0 Å². The fourth-order valence-corrected chi connectivity index (χ4v) is 3.73. The Bertz CT molecular complexity index is 864. The van der Waals surface area contributed by atoms with Gasteiger partial charge in [-0.2, -0.15) is 0 Å².